The van der Waals surface area contributed by atoms with Gasteiger partial charge in [0.1, 0.15) is 5.60 Å². The Morgan fingerprint density at radius 3 is 2.12 bits per heavy atom. The number of imidazole rings is 1. The van der Waals surface area contributed by atoms with E-state index in [1.807, 2.05) is 52.0 Å². The van der Waals surface area contributed by atoms with Crippen molar-refractivity contribution >= 4 is 17.7 Å². The first-order chi connectivity index (χ1) is 19.5. The number of aromatic carboxylic acids is 1. The van der Waals surface area contributed by atoms with Crippen LogP contribution in [-0.4, -0.2) is 62.2 Å². The molecule has 212 valence electrons. The van der Waals surface area contributed by atoms with Crippen LogP contribution in [0.4, 0.5) is 4.79 Å². The second kappa shape index (κ2) is 12.1. The molecule has 0 saturated carbocycles. The summed E-state index contributed by atoms with van der Waals surface area (Å²) in [5.41, 5.74) is 4.39. The zero-order valence-corrected chi connectivity index (χ0v) is 23.8. The molecule has 4 aromatic rings. The van der Waals surface area contributed by atoms with Crippen LogP contribution in [0.5, 0.6) is 5.88 Å². The van der Waals surface area contributed by atoms with E-state index in [1.165, 1.54) is 13.3 Å². The van der Waals surface area contributed by atoms with Crippen LogP contribution in [0.2, 0.25) is 0 Å². The average molecular weight is 556 g/mol. The fraction of sp³-hybridized carbons (Fsp3) is 0.323. The summed E-state index contributed by atoms with van der Waals surface area (Å²) in [5, 5.41) is 18.5. The number of likely N-dealkylation sites (tertiary alicyclic amines) is 1. The van der Waals surface area contributed by atoms with Crippen molar-refractivity contribution in [2.45, 2.75) is 46.1 Å². The zero-order chi connectivity index (χ0) is 29.7. The fourth-order valence-corrected chi connectivity index (χ4v) is 4.38. The maximum absolute atomic E-state index is 11.5. The van der Waals surface area contributed by atoms with Gasteiger partial charge in [-0.2, -0.15) is 5.26 Å². The minimum absolute atomic E-state index is 0.101. The van der Waals surface area contributed by atoms with Crippen molar-refractivity contribution in [3.8, 4) is 34.5 Å². The highest BCUT2D eigenvalue weighted by atomic mass is 16.6. The van der Waals surface area contributed by atoms with Crippen LogP contribution in [0, 0.1) is 18.3 Å². The Bertz CT molecular complexity index is 1590. The molecule has 1 N–H and O–H groups in total. The molecule has 2 aromatic carbocycles. The van der Waals surface area contributed by atoms with Crippen LogP contribution < -0.4 is 4.74 Å². The first-order valence-electron chi connectivity index (χ1n) is 13.3. The number of nitrogens with zero attached hydrogens (tertiary/aromatic N) is 5. The highest BCUT2D eigenvalue weighted by Crippen LogP contribution is 2.35. The number of rotatable bonds is 4. The van der Waals surface area contributed by atoms with Gasteiger partial charge in [0.05, 0.1) is 30.1 Å². The first-order valence-corrected chi connectivity index (χ1v) is 13.3. The number of carboxylic acids is 1. The van der Waals surface area contributed by atoms with Crippen molar-refractivity contribution in [1.29, 1.82) is 5.26 Å². The van der Waals surface area contributed by atoms with Gasteiger partial charge >= 0.3 is 12.1 Å². The molecule has 0 radical (unpaired) electrons. The van der Waals surface area contributed by atoms with Crippen LogP contribution in [0.15, 0.2) is 54.7 Å². The molecule has 0 bridgehead atoms. The van der Waals surface area contributed by atoms with E-state index in [0.29, 0.717) is 22.6 Å². The number of methoxy groups -OCH3 is 1. The van der Waals surface area contributed by atoms with Crippen molar-refractivity contribution in [1.82, 2.24) is 19.3 Å². The summed E-state index contributed by atoms with van der Waals surface area (Å²) in [6.07, 6.45) is 3.52. The number of hydrogen-bond donors (Lipinski definition) is 1. The molecule has 1 amide bonds. The number of nitriles is 1. The number of carboxylic acid groups (broad SMARTS) is 1. The Kier molecular flexibility index (Phi) is 8.57. The summed E-state index contributed by atoms with van der Waals surface area (Å²) in [4.78, 5) is 33.5. The van der Waals surface area contributed by atoms with Crippen LogP contribution in [-0.2, 0) is 4.74 Å². The average Bonchev–Trinajstić information content (AvgIpc) is 3.64. The van der Waals surface area contributed by atoms with Crippen molar-refractivity contribution in [2.75, 3.05) is 20.2 Å². The van der Waals surface area contributed by atoms with Gasteiger partial charge in [0, 0.05) is 30.4 Å². The van der Waals surface area contributed by atoms with Gasteiger partial charge in [-0.05, 0) is 52.7 Å². The molecular weight excluding hydrogens is 522 g/mol. The van der Waals surface area contributed by atoms with E-state index < -0.39 is 5.97 Å². The van der Waals surface area contributed by atoms with E-state index in [2.05, 4.69) is 16.0 Å². The van der Waals surface area contributed by atoms with Crippen molar-refractivity contribution in [2.24, 2.45) is 0 Å². The topological polar surface area (TPSA) is 130 Å². The Morgan fingerprint density at radius 1 is 0.976 bits per heavy atom. The normalized spacial score (nSPS) is 12.8. The van der Waals surface area contributed by atoms with Gasteiger partial charge in [0.25, 0.3) is 5.88 Å². The highest BCUT2D eigenvalue weighted by Gasteiger charge is 2.24. The monoisotopic (exact) mass is 555 g/mol. The molecule has 2 aromatic heterocycles. The molecule has 1 aliphatic rings. The van der Waals surface area contributed by atoms with Gasteiger partial charge in [-0.3, -0.25) is 4.40 Å². The van der Waals surface area contributed by atoms with Crippen molar-refractivity contribution < 1.29 is 24.2 Å². The van der Waals surface area contributed by atoms with E-state index >= 15 is 0 Å². The van der Waals surface area contributed by atoms with Gasteiger partial charge in [-0.15, -0.1) is 0 Å². The van der Waals surface area contributed by atoms with Crippen LogP contribution in [0.1, 0.15) is 55.2 Å². The third-order valence-corrected chi connectivity index (χ3v) is 6.36. The number of hydrogen-bond acceptors (Lipinski definition) is 7. The maximum atomic E-state index is 11.5. The number of benzene rings is 2. The highest BCUT2D eigenvalue weighted by molar-refractivity contribution is 5.88. The third-order valence-electron chi connectivity index (χ3n) is 6.36. The number of carbonyl (C=O) groups excluding carboxylic acids is 1. The second-order valence-corrected chi connectivity index (χ2v) is 10.7. The zero-order valence-electron chi connectivity index (χ0n) is 23.8. The number of fused-ring (bicyclic) bond motifs is 1. The molecular formula is C31H33N5O5. The molecule has 0 spiro atoms. The minimum atomic E-state index is -1.13. The Labute approximate surface area is 238 Å². The second-order valence-electron chi connectivity index (χ2n) is 10.7. The SMILES string of the molecule is CC(C)(C)OC(=O)N1CCCC1.COc1nc(-c2ccc(C#N)cc2)c(-c2ccc(C)cc2)n2cc(C(=O)O)nc12. The number of ether oxygens (including phenoxy) is 2. The van der Waals surface area contributed by atoms with Crippen LogP contribution in [0.3, 0.4) is 0 Å². The molecule has 41 heavy (non-hydrogen) atoms. The number of carbonyl (C=O) groups is 2. The quantitative estimate of drug-likeness (QED) is 0.326. The molecule has 0 atom stereocenters. The molecule has 1 aliphatic heterocycles. The van der Waals surface area contributed by atoms with E-state index in [1.54, 1.807) is 33.6 Å². The molecule has 0 unspecified atom stereocenters. The summed E-state index contributed by atoms with van der Waals surface area (Å²) < 4.78 is 12.3. The molecule has 0 aliphatic carbocycles. The van der Waals surface area contributed by atoms with Crippen LogP contribution in [0.25, 0.3) is 28.2 Å². The van der Waals surface area contributed by atoms with Gasteiger partial charge < -0.3 is 19.5 Å². The van der Waals surface area contributed by atoms with Gasteiger partial charge in [-0.1, -0.05) is 42.0 Å². The van der Waals surface area contributed by atoms with Crippen molar-refractivity contribution in [3.63, 3.8) is 0 Å². The summed E-state index contributed by atoms with van der Waals surface area (Å²) in [6, 6.07) is 17.0. The lowest BCUT2D eigenvalue weighted by Gasteiger charge is -2.23. The lowest BCUT2D eigenvalue weighted by molar-refractivity contribution is 0.0294. The minimum Gasteiger partial charge on any atom is -0.478 e. The van der Waals surface area contributed by atoms with E-state index in [9.17, 15) is 14.7 Å². The predicted octanol–water partition coefficient (Wildman–Crippen LogP) is 5.97. The van der Waals surface area contributed by atoms with Gasteiger partial charge in [0.2, 0.25) is 5.65 Å². The van der Waals surface area contributed by atoms with Crippen molar-refractivity contribution in [3.05, 3.63) is 71.5 Å². The number of aromatic nitrogens is 3. The smallest absolute Gasteiger partial charge is 0.410 e. The molecule has 3 heterocycles. The standard InChI is InChI=1S/C22H16N4O3.C9H17NO2/c1-13-3-7-16(8-4-13)19-18(15-9-5-14(11-23)6-10-15)25-21(29-2)20-24-17(22(27)28)12-26(19)20;1-9(2,3)12-8(11)10-6-4-5-7-10/h3-10,12H,1-2H3,(H,27,28);4-7H2,1-3H3. The lowest BCUT2D eigenvalue weighted by Crippen LogP contribution is -2.34. The summed E-state index contributed by atoms with van der Waals surface area (Å²) in [7, 11) is 1.46. The Morgan fingerprint density at radius 2 is 1.59 bits per heavy atom. The van der Waals surface area contributed by atoms with E-state index in [-0.39, 0.29) is 23.3 Å². The molecule has 5 rings (SSSR count). The molecule has 1 fully saturated rings. The largest absolute Gasteiger partial charge is 0.478 e. The van der Waals surface area contributed by atoms with E-state index in [0.717, 1.165) is 42.6 Å². The summed E-state index contributed by atoms with van der Waals surface area (Å²) in [5.74, 6) is -0.918. The summed E-state index contributed by atoms with van der Waals surface area (Å²) >= 11 is 0. The Balaban J connectivity index is 0.000000271. The molecule has 1 saturated heterocycles. The van der Waals surface area contributed by atoms with Gasteiger partial charge in [-0.25, -0.2) is 19.6 Å². The molecule has 10 nitrogen and oxygen atoms in total. The number of amides is 1. The molecule has 10 heteroatoms. The fourth-order valence-electron chi connectivity index (χ4n) is 4.38. The van der Waals surface area contributed by atoms with E-state index in [4.69, 9.17) is 14.7 Å². The third kappa shape index (κ3) is 6.81. The predicted molar refractivity (Wildman–Crippen MR) is 154 cm³/mol. The Hall–Kier alpha value is -4.91. The first kappa shape index (κ1) is 29.1. The maximum Gasteiger partial charge on any atom is 0.410 e. The lowest BCUT2D eigenvalue weighted by atomic mass is 10.0. The number of aryl methyl sites for hydroxylation is 1. The van der Waals surface area contributed by atoms with Gasteiger partial charge in [0.15, 0.2) is 5.69 Å². The van der Waals surface area contributed by atoms with Crippen LogP contribution >= 0.6 is 0 Å². The summed E-state index contributed by atoms with van der Waals surface area (Å²) in [6.45, 7) is 9.37.